The third-order valence-electron chi connectivity index (χ3n) is 2.40. The lowest BCUT2D eigenvalue weighted by Crippen LogP contribution is -2.19. The molecule has 0 radical (unpaired) electrons. The van der Waals surface area contributed by atoms with Crippen LogP contribution in [0.4, 0.5) is 11.4 Å². The lowest BCUT2D eigenvalue weighted by atomic mass is 9.97. The summed E-state index contributed by atoms with van der Waals surface area (Å²) in [6.07, 6.45) is 0.868. The Morgan fingerprint density at radius 1 is 1.32 bits per heavy atom. The topological polar surface area (TPSA) is 64.4 Å². The molecule has 1 N–H and O–H groups in total. The summed E-state index contributed by atoms with van der Waals surface area (Å²) in [6, 6.07) is 4.79. The zero-order valence-corrected chi connectivity index (χ0v) is 12.0. The van der Waals surface area contributed by atoms with Crippen LogP contribution in [0.15, 0.2) is 18.2 Å². The smallest absolute Gasteiger partial charge is 0.275 e. The second kappa shape index (κ2) is 6.41. The highest BCUT2D eigenvalue weighted by Crippen LogP contribution is 2.27. The zero-order valence-electron chi connectivity index (χ0n) is 12.0. The van der Waals surface area contributed by atoms with E-state index in [1.807, 2.05) is 6.92 Å². The molecule has 19 heavy (non-hydrogen) atoms. The molecular formula is C14H22N2O3. The molecule has 0 unspecified atom stereocenters. The third kappa shape index (κ3) is 5.59. The number of nitrogens with one attached hydrogen (secondary N) is 1. The first-order valence-corrected chi connectivity index (χ1v) is 6.48. The first-order valence-electron chi connectivity index (χ1n) is 6.48. The molecule has 5 heteroatoms. The quantitative estimate of drug-likeness (QED) is 0.627. The molecule has 0 heterocycles. The van der Waals surface area contributed by atoms with E-state index in [2.05, 4.69) is 26.1 Å². The third-order valence-corrected chi connectivity index (χ3v) is 2.40. The largest absolute Gasteiger partial charge is 0.493 e. The molecule has 5 nitrogen and oxygen atoms in total. The molecule has 0 aliphatic heterocycles. The Morgan fingerprint density at radius 3 is 2.53 bits per heavy atom. The van der Waals surface area contributed by atoms with Gasteiger partial charge in [-0.3, -0.25) is 10.1 Å². The molecule has 0 saturated heterocycles. The summed E-state index contributed by atoms with van der Waals surface area (Å²) < 4.78 is 5.47. The van der Waals surface area contributed by atoms with Gasteiger partial charge in [0.15, 0.2) is 0 Å². The van der Waals surface area contributed by atoms with Crippen molar-refractivity contribution >= 4 is 11.4 Å². The molecule has 0 aliphatic carbocycles. The molecular weight excluding hydrogens is 244 g/mol. The van der Waals surface area contributed by atoms with E-state index in [0.717, 1.165) is 18.7 Å². The Labute approximate surface area is 114 Å². The number of rotatable bonds is 6. The Hall–Kier alpha value is -1.78. The fourth-order valence-electron chi connectivity index (χ4n) is 1.46. The molecule has 0 atom stereocenters. The average Bonchev–Trinajstić information content (AvgIpc) is 2.32. The number of hydrogen-bond donors (Lipinski definition) is 1. The van der Waals surface area contributed by atoms with E-state index in [1.54, 1.807) is 6.07 Å². The maximum Gasteiger partial charge on any atom is 0.275 e. The number of anilines is 1. The summed E-state index contributed by atoms with van der Waals surface area (Å²) >= 11 is 0. The van der Waals surface area contributed by atoms with E-state index in [0.29, 0.717) is 12.4 Å². The van der Waals surface area contributed by atoms with Crippen molar-refractivity contribution in [3.8, 4) is 5.75 Å². The van der Waals surface area contributed by atoms with Gasteiger partial charge in [0.25, 0.3) is 5.69 Å². The first kappa shape index (κ1) is 15.3. The van der Waals surface area contributed by atoms with Gasteiger partial charge in [-0.2, -0.15) is 0 Å². The maximum absolute atomic E-state index is 10.9. The highest BCUT2D eigenvalue weighted by atomic mass is 16.6. The van der Waals surface area contributed by atoms with Crippen LogP contribution in [0.3, 0.4) is 0 Å². The van der Waals surface area contributed by atoms with Gasteiger partial charge >= 0.3 is 0 Å². The molecule has 0 fully saturated rings. The molecule has 0 saturated carbocycles. The number of benzene rings is 1. The maximum atomic E-state index is 10.9. The summed E-state index contributed by atoms with van der Waals surface area (Å²) in [5.41, 5.74) is 0.870. The minimum Gasteiger partial charge on any atom is -0.493 e. The lowest BCUT2D eigenvalue weighted by molar-refractivity contribution is -0.384. The second-order valence-electron chi connectivity index (χ2n) is 5.74. The molecule has 0 spiro atoms. The Balaban J connectivity index is 2.89. The summed E-state index contributed by atoms with van der Waals surface area (Å²) in [4.78, 5) is 10.5. The predicted molar refractivity (Wildman–Crippen MR) is 76.8 cm³/mol. The van der Waals surface area contributed by atoms with Crippen molar-refractivity contribution in [1.29, 1.82) is 0 Å². The van der Waals surface area contributed by atoms with Gasteiger partial charge in [-0.05, 0) is 11.8 Å². The fraction of sp³-hybridized carbons (Fsp3) is 0.571. The Kier molecular flexibility index (Phi) is 5.15. The van der Waals surface area contributed by atoms with Crippen molar-refractivity contribution in [3.05, 3.63) is 28.3 Å². The minimum absolute atomic E-state index is 0.0463. The monoisotopic (exact) mass is 266 g/mol. The van der Waals surface area contributed by atoms with Gasteiger partial charge < -0.3 is 10.1 Å². The molecule has 0 bridgehead atoms. The summed E-state index contributed by atoms with van der Waals surface area (Å²) in [5, 5.41) is 14.1. The molecule has 0 amide bonds. The standard InChI is InChI=1S/C14H22N2O3/c1-5-6-19-13-8-11(15-10-14(2,3)4)7-12(9-13)16(17)18/h7-9,15H,5-6,10H2,1-4H3. The summed E-state index contributed by atoms with van der Waals surface area (Å²) in [6.45, 7) is 9.60. The molecule has 1 aromatic carbocycles. The normalized spacial score (nSPS) is 11.2. The Morgan fingerprint density at radius 2 is 2.00 bits per heavy atom. The average molecular weight is 266 g/mol. The van der Waals surface area contributed by atoms with E-state index in [1.165, 1.54) is 12.1 Å². The van der Waals surface area contributed by atoms with E-state index in [9.17, 15) is 10.1 Å². The summed E-state index contributed by atoms with van der Waals surface area (Å²) in [5.74, 6) is 0.535. The number of non-ortho nitro benzene ring substituents is 1. The predicted octanol–water partition coefficient (Wildman–Crippen LogP) is 3.84. The van der Waals surface area contributed by atoms with Crippen molar-refractivity contribution in [3.63, 3.8) is 0 Å². The van der Waals surface area contributed by atoms with Crippen LogP contribution < -0.4 is 10.1 Å². The molecule has 106 valence electrons. The Bertz CT molecular complexity index is 439. The van der Waals surface area contributed by atoms with Crippen LogP contribution in [0.5, 0.6) is 5.75 Å². The van der Waals surface area contributed by atoms with Crippen LogP contribution in [0.25, 0.3) is 0 Å². The highest BCUT2D eigenvalue weighted by molar-refractivity contribution is 5.56. The van der Waals surface area contributed by atoms with Crippen molar-refractivity contribution in [2.24, 2.45) is 5.41 Å². The van der Waals surface area contributed by atoms with Crippen molar-refractivity contribution < 1.29 is 9.66 Å². The molecule has 0 aromatic heterocycles. The van der Waals surface area contributed by atoms with Gasteiger partial charge in [0.1, 0.15) is 5.75 Å². The van der Waals surface area contributed by atoms with Gasteiger partial charge in [-0.15, -0.1) is 0 Å². The van der Waals surface area contributed by atoms with Crippen molar-refractivity contribution in [1.82, 2.24) is 0 Å². The fourth-order valence-corrected chi connectivity index (χ4v) is 1.46. The van der Waals surface area contributed by atoms with E-state index in [-0.39, 0.29) is 11.1 Å². The van der Waals surface area contributed by atoms with E-state index < -0.39 is 4.92 Å². The van der Waals surface area contributed by atoms with Crippen molar-refractivity contribution in [2.75, 3.05) is 18.5 Å². The number of nitrogens with zero attached hydrogens (tertiary/aromatic N) is 1. The van der Waals surface area contributed by atoms with Crippen LogP contribution in [0.1, 0.15) is 34.1 Å². The van der Waals surface area contributed by atoms with Crippen molar-refractivity contribution in [2.45, 2.75) is 34.1 Å². The van der Waals surface area contributed by atoms with Gasteiger partial charge in [-0.25, -0.2) is 0 Å². The number of hydrogen-bond acceptors (Lipinski definition) is 4. The minimum atomic E-state index is -0.402. The van der Waals surface area contributed by atoms with Gasteiger partial charge in [0, 0.05) is 24.4 Å². The van der Waals surface area contributed by atoms with Gasteiger partial charge in [-0.1, -0.05) is 27.7 Å². The highest BCUT2D eigenvalue weighted by Gasteiger charge is 2.13. The number of nitro benzene ring substituents is 1. The van der Waals surface area contributed by atoms with Crippen LogP contribution in [0, 0.1) is 15.5 Å². The molecule has 1 rings (SSSR count). The van der Waals surface area contributed by atoms with Gasteiger partial charge in [0.05, 0.1) is 17.6 Å². The molecule has 0 aliphatic rings. The SMILES string of the molecule is CCCOc1cc(NCC(C)(C)C)cc([N+](=O)[O-])c1. The van der Waals surface area contributed by atoms with Crippen LogP contribution in [-0.4, -0.2) is 18.1 Å². The second-order valence-corrected chi connectivity index (χ2v) is 5.74. The first-order chi connectivity index (χ1) is 8.81. The molecule has 1 aromatic rings. The van der Waals surface area contributed by atoms with E-state index >= 15 is 0 Å². The van der Waals surface area contributed by atoms with Crippen LogP contribution in [-0.2, 0) is 0 Å². The van der Waals surface area contributed by atoms with Crippen LogP contribution in [0.2, 0.25) is 0 Å². The number of ether oxygens (including phenoxy) is 1. The van der Waals surface area contributed by atoms with Crippen LogP contribution >= 0.6 is 0 Å². The van der Waals surface area contributed by atoms with Gasteiger partial charge in [0.2, 0.25) is 0 Å². The summed E-state index contributed by atoms with van der Waals surface area (Å²) in [7, 11) is 0. The van der Waals surface area contributed by atoms with E-state index in [4.69, 9.17) is 4.74 Å². The zero-order chi connectivity index (χ0) is 14.5. The lowest BCUT2D eigenvalue weighted by Gasteiger charge is -2.19. The number of nitro groups is 1.